The summed E-state index contributed by atoms with van der Waals surface area (Å²) in [6.45, 7) is 15.5. The Morgan fingerprint density at radius 3 is 2.11 bits per heavy atom. The van der Waals surface area contributed by atoms with E-state index in [0.717, 1.165) is 0 Å². The Bertz CT molecular complexity index is 1450. The van der Waals surface area contributed by atoms with Gasteiger partial charge >= 0.3 is 5.97 Å². The maximum Gasteiger partial charge on any atom is 0.308 e. The average Bonchev–Trinajstić information content (AvgIpc) is 3.23. The molecule has 16 nitrogen and oxygen atoms in total. The van der Waals surface area contributed by atoms with Crippen molar-refractivity contribution in [2.45, 2.75) is 173 Å². The van der Waals surface area contributed by atoms with Gasteiger partial charge in [-0.3, -0.25) is 14.5 Å². The minimum atomic E-state index is -1.35. The van der Waals surface area contributed by atoms with Gasteiger partial charge in [0.05, 0.1) is 49.6 Å². The van der Waals surface area contributed by atoms with Crippen LogP contribution in [-0.4, -0.2) is 171 Å². The van der Waals surface area contributed by atoms with Gasteiger partial charge in [-0.05, 0) is 66.5 Å². The predicted molar refractivity (Wildman–Crippen MR) is 229 cm³/mol. The van der Waals surface area contributed by atoms with Gasteiger partial charge in [-0.1, -0.05) is 38.5 Å². The normalized spacial score (nSPS) is 38.2. The quantitative estimate of drug-likeness (QED) is 0.0943. The molecule has 17 atom stereocenters. The smallest absolute Gasteiger partial charge is 0.308 e. The lowest BCUT2D eigenvalue weighted by Crippen LogP contribution is -2.64. The van der Waals surface area contributed by atoms with Crippen LogP contribution in [0.25, 0.3) is 0 Å². The van der Waals surface area contributed by atoms with Crippen LogP contribution in [0, 0.1) is 36.0 Å². The molecular weight excluding hydrogens is 806 g/mol. The molecule has 62 heavy (non-hydrogen) atoms. The van der Waals surface area contributed by atoms with Gasteiger partial charge in [0.15, 0.2) is 24.7 Å². The Balaban J connectivity index is 2.06. The van der Waals surface area contributed by atoms with Crippen molar-refractivity contribution in [1.82, 2.24) is 4.90 Å². The van der Waals surface area contributed by atoms with Crippen LogP contribution in [0.2, 0.25) is 0 Å². The van der Waals surface area contributed by atoms with Crippen LogP contribution in [0.3, 0.4) is 0 Å². The lowest BCUT2D eigenvalue weighted by Gasteiger charge is -2.47. The van der Waals surface area contributed by atoms with E-state index in [1.165, 1.54) is 20.3 Å². The third kappa shape index (κ3) is 14.8. The highest BCUT2D eigenvalue weighted by Crippen LogP contribution is 2.36. The number of terminal acetylenes is 1. The van der Waals surface area contributed by atoms with Gasteiger partial charge in [0.2, 0.25) is 0 Å². The molecule has 0 saturated carbocycles. The summed E-state index contributed by atoms with van der Waals surface area (Å²) in [5.74, 6) is -0.628. The zero-order chi connectivity index (χ0) is 46.3. The van der Waals surface area contributed by atoms with E-state index in [9.17, 15) is 30.0 Å². The van der Waals surface area contributed by atoms with E-state index >= 15 is 0 Å². The summed E-state index contributed by atoms with van der Waals surface area (Å²) in [5, 5.41) is 45.6. The van der Waals surface area contributed by atoms with Gasteiger partial charge < -0.3 is 63.1 Å². The Kier molecular flexibility index (Phi) is 23.1. The van der Waals surface area contributed by atoms with Crippen molar-refractivity contribution in [3.8, 4) is 12.3 Å². The zero-order valence-corrected chi connectivity index (χ0v) is 38.8. The van der Waals surface area contributed by atoms with E-state index in [1.54, 1.807) is 38.8 Å². The van der Waals surface area contributed by atoms with Crippen LogP contribution in [0.1, 0.15) is 87.5 Å². The Morgan fingerprint density at radius 2 is 1.52 bits per heavy atom. The third-order valence-corrected chi connectivity index (χ3v) is 12.4. The molecule has 3 aliphatic rings. The number of ketones is 1. The topological polar surface area (TPSA) is 201 Å². The van der Waals surface area contributed by atoms with Crippen molar-refractivity contribution < 1.29 is 72.6 Å². The first-order chi connectivity index (χ1) is 29.5. The third-order valence-electron chi connectivity index (χ3n) is 12.4. The van der Waals surface area contributed by atoms with Crippen molar-refractivity contribution in [2.75, 3.05) is 47.6 Å². The minimum Gasteiger partial charge on any atom is -0.462 e. The number of rotatable bonds is 17. The van der Waals surface area contributed by atoms with Crippen LogP contribution >= 0.6 is 0 Å². The number of aliphatic hydroxyl groups is 4. The van der Waals surface area contributed by atoms with E-state index in [-0.39, 0.29) is 25.2 Å². The average molecular weight is 884 g/mol. The van der Waals surface area contributed by atoms with Crippen LogP contribution in [0.4, 0.5) is 0 Å². The van der Waals surface area contributed by atoms with Crippen molar-refractivity contribution >= 4 is 11.8 Å². The number of likely N-dealkylation sites (N-methyl/N-ethyl adjacent to an activating group) is 1. The molecule has 0 radical (unpaired) electrons. The first-order valence-electron chi connectivity index (χ1n) is 22.3. The maximum absolute atomic E-state index is 13.9. The summed E-state index contributed by atoms with van der Waals surface area (Å²) in [5.41, 5.74) is 0.716. The molecule has 1 unspecified atom stereocenters. The first-order valence-corrected chi connectivity index (χ1v) is 22.3. The van der Waals surface area contributed by atoms with Gasteiger partial charge in [-0.2, -0.15) is 0 Å². The molecular formula is C46H77NO15. The molecule has 0 amide bonds. The second-order valence-corrected chi connectivity index (χ2v) is 17.0. The van der Waals surface area contributed by atoms with Crippen molar-refractivity contribution in [3.05, 3.63) is 23.8 Å². The number of hydrogen-bond donors (Lipinski definition) is 4. The van der Waals surface area contributed by atoms with E-state index in [1.807, 2.05) is 40.7 Å². The molecule has 0 bridgehead atoms. The number of nitrogens with zero attached hydrogens (tertiary/aromatic N) is 1. The van der Waals surface area contributed by atoms with Crippen LogP contribution in [-0.2, 0) is 52.2 Å². The van der Waals surface area contributed by atoms with E-state index in [4.69, 9.17) is 49.1 Å². The number of hydrogen-bond acceptors (Lipinski definition) is 16. The molecule has 0 aliphatic carbocycles. The minimum absolute atomic E-state index is 0.0121. The summed E-state index contributed by atoms with van der Waals surface area (Å²) in [7, 11) is 4.71. The SMILES string of the molecule is C#CCCN(C)[C@@H]1[C@@H](O)[C@H](O[C@H]2[C@@H](CC(OCC)OCC)C[C@@H](C)C(=O)C=CC(C)=C[C@H](COC3O[C@H](C)[C@@H](O)[C@@H](OC)[C@H]3OC)[C@@H](CC)OC(=O)C[C@@H](O)[C@@H]2C)O[C@H](C)[C@H]1O. The molecule has 356 valence electrons. The van der Waals surface area contributed by atoms with Crippen molar-refractivity contribution in [1.29, 1.82) is 0 Å². The lowest BCUT2D eigenvalue weighted by atomic mass is 9.79. The lowest BCUT2D eigenvalue weighted by molar-refractivity contribution is -0.307. The second-order valence-electron chi connectivity index (χ2n) is 17.0. The molecule has 0 spiro atoms. The van der Waals surface area contributed by atoms with Gasteiger partial charge in [-0.15, -0.1) is 12.3 Å². The fourth-order valence-electron chi connectivity index (χ4n) is 8.74. The summed E-state index contributed by atoms with van der Waals surface area (Å²) < 4.78 is 54.4. The number of methoxy groups -OCH3 is 2. The highest BCUT2D eigenvalue weighted by molar-refractivity contribution is 5.91. The Morgan fingerprint density at radius 1 is 0.887 bits per heavy atom. The predicted octanol–water partition coefficient (Wildman–Crippen LogP) is 3.16. The summed E-state index contributed by atoms with van der Waals surface area (Å²) >= 11 is 0. The molecule has 0 aromatic heterocycles. The Hall–Kier alpha value is -2.34. The fraction of sp³-hybridized carbons (Fsp3) is 0.826. The molecule has 0 aromatic rings. The monoisotopic (exact) mass is 884 g/mol. The molecule has 2 saturated heterocycles. The maximum atomic E-state index is 13.9. The number of ether oxygens (including phenoxy) is 9. The molecule has 4 N–H and O–H groups in total. The fourth-order valence-corrected chi connectivity index (χ4v) is 8.74. The largest absolute Gasteiger partial charge is 0.462 e. The number of esters is 1. The van der Waals surface area contributed by atoms with Gasteiger partial charge in [0.25, 0.3) is 0 Å². The van der Waals surface area contributed by atoms with Crippen molar-refractivity contribution in [3.63, 3.8) is 0 Å². The molecule has 16 heteroatoms. The van der Waals surface area contributed by atoms with Crippen LogP contribution < -0.4 is 0 Å². The van der Waals surface area contributed by atoms with E-state index < -0.39 is 122 Å². The number of aliphatic hydroxyl groups excluding tert-OH is 4. The first kappa shape index (κ1) is 54.0. The standard InChI is InChI=1S/C46H77NO15/c1-13-17-20-47(10)38-39(51)29(8)59-45(41(38)53)62-42-28(7)34(49)24-36(50)61-35(14-2)32(25-58-46-44(55-12)43(54-11)40(52)30(9)60-46)21-26(5)18-19-33(48)27(6)22-31(42)23-37(56-15-3)57-16-4/h1,18-19,21,27-32,34-35,37-46,49,51-53H,14-17,20,22-25H2,2-12H3/t27-,28+,29-,30-,31-,32-,34-,35-,38+,39-,40-,41-,42-,43-,44-,45+,46?/m1/s1. The molecule has 2 fully saturated rings. The molecule has 0 aromatic carbocycles. The second kappa shape index (κ2) is 26.6. The number of allylic oxidation sites excluding steroid dienone is 3. The van der Waals surface area contributed by atoms with Gasteiger partial charge in [0.1, 0.15) is 30.5 Å². The zero-order valence-electron chi connectivity index (χ0n) is 38.8. The van der Waals surface area contributed by atoms with Crippen molar-refractivity contribution in [2.24, 2.45) is 23.7 Å². The summed E-state index contributed by atoms with van der Waals surface area (Å²) in [6, 6.07) is -0.803. The van der Waals surface area contributed by atoms with Crippen LogP contribution in [0.5, 0.6) is 0 Å². The summed E-state index contributed by atoms with van der Waals surface area (Å²) in [6.07, 6.45) is -0.561. The van der Waals surface area contributed by atoms with E-state index in [0.29, 0.717) is 38.2 Å². The highest BCUT2D eigenvalue weighted by Gasteiger charge is 2.49. The molecule has 3 rings (SSSR count). The van der Waals surface area contributed by atoms with E-state index in [2.05, 4.69) is 5.92 Å². The Labute approximate surface area is 369 Å². The number of carbonyl (C=O) groups is 2. The molecule has 3 heterocycles. The summed E-state index contributed by atoms with van der Waals surface area (Å²) in [4.78, 5) is 29.6. The van der Waals surface area contributed by atoms with Crippen LogP contribution in [0.15, 0.2) is 23.8 Å². The highest BCUT2D eigenvalue weighted by atomic mass is 16.7. The number of carbonyl (C=O) groups excluding carboxylic acids is 2. The molecule has 3 aliphatic heterocycles. The number of cyclic esters (lactones) is 1. The van der Waals surface area contributed by atoms with Gasteiger partial charge in [0, 0.05) is 64.6 Å². The van der Waals surface area contributed by atoms with Gasteiger partial charge in [-0.25, -0.2) is 0 Å².